The van der Waals surface area contributed by atoms with Gasteiger partial charge < -0.3 is 10.6 Å². The third kappa shape index (κ3) is 7.10. The molecule has 0 heterocycles. The number of carbonyl (C=O) groups excluding carboxylic acids is 1. The van der Waals surface area contributed by atoms with Gasteiger partial charge in [-0.1, -0.05) is 6.92 Å². The Hall–Kier alpha value is -1.01. The molecule has 2 N–H and O–H groups in total. The predicted octanol–water partition coefficient (Wildman–Crippen LogP) is 0.125. The van der Waals surface area contributed by atoms with E-state index in [1.165, 1.54) is 0 Å². The summed E-state index contributed by atoms with van der Waals surface area (Å²) in [5.74, 6) is 2.47. The minimum Gasteiger partial charge on any atom is -0.354 e. The lowest BCUT2D eigenvalue weighted by Crippen LogP contribution is -2.34. The summed E-state index contributed by atoms with van der Waals surface area (Å²) in [5.41, 5.74) is 0. The van der Waals surface area contributed by atoms with Gasteiger partial charge in [-0.05, 0) is 13.0 Å². The third-order valence-corrected chi connectivity index (χ3v) is 1.30. The molecule has 0 bridgehead atoms. The largest absolute Gasteiger partial charge is 0.354 e. The van der Waals surface area contributed by atoms with Crippen molar-refractivity contribution in [3.8, 4) is 12.3 Å². The van der Waals surface area contributed by atoms with Gasteiger partial charge in [-0.3, -0.25) is 4.79 Å². The van der Waals surface area contributed by atoms with Crippen LogP contribution in [-0.4, -0.2) is 25.5 Å². The fourth-order valence-corrected chi connectivity index (χ4v) is 0.715. The second-order valence-electron chi connectivity index (χ2n) is 2.48. The van der Waals surface area contributed by atoms with Gasteiger partial charge >= 0.3 is 0 Å². The highest BCUT2D eigenvalue weighted by molar-refractivity contribution is 5.77. The van der Waals surface area contributed by atoms with Crippen molar-refractivity contribution < 1.29 is 4.79 Å². The van der Waals surface area contributed by atoms with Crippen molar-refractivity contribution >= 4 is 5.91 Å². The third-order valence-electron chi connectivity index (χ3n) is 1.30. The molecular weight excluding hydrogens is 152 g/mol. The maximum Gasteiger partial charge on any atom is 0.233 e. The fraction of sp³-hybridized carbons (Fsp3) is 0.667. The molecule has 1 amide bonds. The molecule has 0 aromatic heterocycles. The summed E-state index contributed by atoms with van der Waals surface area (Å²) in [7, 11) is 0. The van der Waals surface area contributed by atoms with Gasteiger partial charge in [-0.2, -0.15) is 0 Å². The monoisotopic (exact) mass is 168 g/mol. The van der Waals surface area contributed by atoms with Crippen LogP contribution in [0.4, 0.5) is 0 Å². The lowest BCUT2D eigenvalue weighted by atomic mass is 10.4. The number of carbonyl (C=O) groups is 1. The lowest BCUT2D eigenvalue weighted by Gasteiger charge is -2.03. The Morgan fingerprint density at radius 2 is 2.25 bits per heavy atom. The number of terminal acetylenes is 1. The summed E-state index contributed by atoms with van der Waals surface area (Å²) in [5, 5.41) is 5.70. The van der Waals surface area contributed by atoms with Crippen LogP contribution in [0.25, 0.3) is 0 Å². The number of nitrogens with one attached hydrogen (secondary N) is 2. The zero-order valence-electron chi connectivity index (χ0n) is 7.52. The predicted molar refractivity (Wildman–Crippen MR) is 49.6 cm³/mol. The van der Waals surface area contributed by atoms with Crippen LogP contribution in [0.3, 0.4) is 0 Å². The zero-order chi connectivity index (χ0) is 9.23. The van der Waals surface area contributed by atoms with E-state index in [2.05, 4.69) is 23.5 Å². The van der Waals surface area contributed by atoms with E-state index in [-0.39, 0.29) is 5.91 Å². The highest BCUT2D eigenvalue weighted by atomic mass is 16.1. The highest BCUT2D eigenvalue weighted by Gasteiger charge is 1.96. The molecular formula is C9H16N2O. The van der Waals surface area contributed by atoms with E-state index in [1.807, 2.05) is 0 Å². The van der Waals surface area contributed by atoms with Crippen LogP contribution in [-0.2, 0) is 4.79 Å². The average molecular weight is 168 g/mol. The van der Waals surface area contributed by atoms with Gasteiger partial charge in [0.25, 0.3) is 0 Å². The van der Waals surface area contributed by atoms with Crippen molar-refractivity contribution in [2.45, 2.75) is 19.8 Å². The summed E-state index contributed by atoms with van der Waals surface area (Å²) in [6.45, 7) is 3.90. The first-order valence-electron chi connectivity index (χ1n) is 4.22. The van der Waals surface area contributed by atoms with E-state index in [4.69, 9.17) is 6.42 Å². The Morgan fingerprint density at radius 1 is 1.50 bits per heavy atom. The Morgan fingerprint density at radius 3 is 2.83 bits per heavy atom. The standard InChI is InChI=1S/C9H16N2O/c1-3-5-7-11-9(12)8-10-6-4-2/h1,10H,4-8H2,2H3,(H,11,12). The Labute approximate surface area is 73.9 Å². The fourth-order valence-electron chi connectivity index (χ4n) is 0.715. The Balaban J connectivity index is 3.17. The number of rotatable bonds is 6. The maximum absolute atomic E-state index is 11.0. The van der Waals surface area contributed by atoms with Crippen molar-refractivity contribution in [2.75, 3.05) is 19.6 Å². The number of hydrogen-bond donors (Lipinski definition) is 2. The summed E-state index contributed by atoms with van der Waals surface area (Å²) < 4.78 is 0. The van der Waals surface area contributed by atoms with Gasteiger partial charge in [0.1, 0.15) is 0 Å². The second kappa shape index (κ2) is 8.09. The Kier molecular flexibility index (Phi) is 7.41. The normalized spacial score (nSPS) is 9.00. The summed E-state index contributed by atoms with van der Waals surface area (Å²) >= 11 is 0. The van der Waals surface area contributed by atoms with E-state index in [9.17, 15) is 4.79 Å². The Bertz CT molecular complexity index is 160. The summed E-state index contributed by atoms with van der Waals surface area (Å²) in [6, 6.07) is 0. The van der Waals surface area contributed by atoms with Gasteiger partial charge in [0, 0.05) is 13.0 Å². The first kappa shape index (κ1) is 11.0. The molecule has 0 spiro atoms. The van der Waals surface area contributed by atoms with Crippen LogP contribution in [0.1, 0.15) is 19.8 Å². The molecule has 0 radical (unpaired) electrons. The average Bonchev–Trinajstić information content (AvgIpc) is 2.06. The van der Waals surface area contributed by atoms with E-state index < -0.39 is 0 Å². The van der Waals surface area contributed by atoms with Crippen molar-refractivity contribution in [2.24, 2.45) is 0 Å². The van der Waals surface area contributed by atoms with E-state index in [0.29, 0.717) is 19.5 Å². The molecule has 0 aliphatic heterocycles. The lowest BCUT2D eigenvalue weighted by molar-refractivity contribution is -0.120. The van der Waals surface area contributed by atoms with Gasteiger partial charge in [-0.15, -0.1) is 12.3 Å². The van der Waals surface area contributed by atoms with Gasteiger partial charge in [0.05, 0.1) is 6.54 Å². The molecule has 68 valence electrons. The van der Waals surface area contributed by atoms with Gasteiger partial charge in [0.2, 0.25) is 5.91 Å². The van der Waals surface area contributed by atoms with Gasteiger partial charge in [-0.25, -0.2) is 0 Å². The summed E-state index contributed by atoms with van der Waals surface area (Å²) in [6.07, 6.45) is 6.66. The molecule has 0 aliphatic carbocycles. The molecule has 3 heteroatoms. The molecule has 0 aromatic rings. The minimum absolute atomic E-state index is 0.0127. The SMILES string of the molecule is C#CCCNC(=O)CNCCC. The first-order valence-corrected chi connectivity index (χ1v) is 4.22. The summed E-state index contributed by atoms with van der Waals surface area (Å²) in [4.78, 5) is 11.0. The zero-order valence-corrected chi connectivity index (χ0v) is 7.52. The van der Waals surface area contributed by atoms with Crippen LogP contribution in [0.5, 0.6) is 0 Å². The molecule has 0 atom stereocenters. The van der Waals surface area contributed by atoms with E-state index in [0.717, 1.165) is 13.0 Å². The molecule has 0 saturated carbocycles. The maximum atomic E-state index is 11.0. The smallest absolute Gasteiger partial charge is 0.233 e. The molecule has 0 rings (SSSR count). The molecule has 0 unspecified atom stereocenters. The quantitative estimate of drug-likeness (QED) is 0.437. The number of amides is 1. The topological polar surface area (TPSA) is 41.1 Å². The van der Waals surface area contributed by atoms with Gasteiger partial charge in [0.15, 0.2) is 0 Å². The molecule has 0 saturated heterocycles. The molecule has 0 aliphatic rings. The van der Waals surface area contributed by atoms with Crippen LogP contribution < -0.4 is 10.6 Å². The molecule has 0 aromatic carbocycles. The molecule has 0 fully saturated rings. The van der Waals surface area contributed by atoms with Crippen molar-refractivity contribution in [3.05, 3.63) is 0 Å². The highest BCUT2D eigenvalue weighted by Crippen LogP contribution is 1.72. The molecule has 12 heavy (non-hydrogen) atoms. The minimum atomic E-state index is 0.0127. The second-order valence-corrected chi connectivity index (χ2v) is 2.48. The number of hydrogen-bond acceptors (Lipinski definition) is 2. The van der Waals surface area contributed by atoms with Crippen LogP contribution >= 0.6 is 0 Å². The first-order chi connectivity index (χ1) is 5.81. The van der Waals surface area contributed by atoms with Crippen molar-refractivity contribution in [3.63, 3.8) is 0 Å². The van der Waals surface area contributed by atoms with Crippen LogP contribution in [0.15, 0.2) is 0 Å². The van der Waals surface area contributed by atoms with Crippen molar-refractivity contribution in [1.29, 1.82) is 0 Å². The van der Waals surface area contributed by atoms with Crippen molar-refractivity contribution in [1.82, 2.24) is 10.6 Å². The van der Waals surface area contributed by atoms with E-state index in [1.54, 1.807) is 0 Å². The van der Waals surface area contributed by atoms with E-state index >= 15 is 0 Å². The van der Waals surface area contributed by atoms with Crippen LogP contribution in [0.2, 0.25) is 0 Å². The molecule has 3 nitrogen and oxygen atoms in total. The van der Waals surface area contributed by atoms with Crippen LogP contribution in [0, 0.1) is 12.3 Å².